The predicted octanol–water partition coefficient (Wildman–Crippen LogP) is -0.680. The van der Waals surface area contributed by atoms with Crippen molar-refractivity contribution in [2.75, 3.05) is 13.2 Å². The SMILES string of the molecule is O=C1[C@H]2C[C@H]3[C@@H]1[C@]3(C(=O)NCCO)C2. The van der Waals surface area contributed by atoms with Crippen molar-refractivity contribution in [1.29, 1.82) is 0 Å². The lowest BCUT2D eigenvalue weighted by Gasteiger charge is -2.10. The number of hydrogen-bond donors (Lipinski definition) is 2. The van der Waals surface area contributed by atoms with Gasteiger partial charge in [0.25, 0.3) is 0 Å². The van der Waals surface area contributed by atoms with Crippen molar-refractivity contribution in [2.24, 2.45) is 23.2 Å². The van der Waals surface area contributed by atoms with Crippen LogP contribution < -0.4 is 5.32 Å². The highest BCUT2D eigenvalue weighted by molar-refractivity contribution is 6.04. The first-order valence-corrected chi connectivity index (χ1v) is 5.14. The summed E-state index contributed by atoms with van der Waals surface area (Å²) in [6.07, 6.45) is 1.69. The van der Waals surface area contributed by atoms with E-state index >= 15 is 0 Å². The highest BCUT2D eigenvalue weighted by atomic mass is 16.3. The van der Waals surface area contributed by atoms with E-state index in [0.717, 1.165) is 12.8 Å². The minimum Gasteiger partial charge on any atom is -0.395 e. The molecule has 4 aliphatic carbocycles. The molecule has 4 fully saturated rings. The van der Waals surface area contributed by atoms with E-state index in [1.54, 1.807) is 0 Å². The summed E-state index contributed by atoms with van der Waals surface area (Å²) in [5, 5.41) is 11.3. The van der Waals surface area contributed by atoms with E-state index in [0.29, 0.717) is 18.2 Å². The summed E-state index contributed by atoms with van der Waals surface area (Å²) in [7, 11) is 0. The first kappa shape index (κ1) is 8.41. The molecule has 0 spiro atoms. The molecule has 0 unspecified atom stereocenters. The van der Waals surface area contributed by atoms with Crippen LogP contribution in [-0.4, -0.2) is 29.9 Å². The Hall–Kier alpha value is -0.900. The lowest BCUT2D eigenvalue weighted by Crippen LogP contribution is -2.34. The third-order valence-corrected chi connectivity index (χ3v) is 4.16. The molecule has 1 amide bonds. The summed E-state index contributed by atoms with van der Waals surface area (Å²) >= 11 is 0. The maximum absolute atomic E-state index is 11.8. The van der Waals surface area contributed by atoms with E-state index < -0.39 is 0 Å². The number of amides is 1. The second kappa shape index (κ2) is 2.37. The molecule has 4 heteroatoms. The van der Waals surface area contributed by atoms with Crippen LogP contribution in [0.3, 0.4) is 0 Å². The highest BCUT2D eigenvalue weighted by Gasteiger charge is 2.82. The minimum absolute atomic E-state index is 0.00472. The Morgan fingerprint density at radius 3 is 2.86 bits per heavy atom. The van der Waals surface area contributed by atoms with Gasteiger partial charge in [-0.15, -0.1) is 0 Å². The number of nitrogens with one attached hydrogen (secondary N) is 1. The van der Waals surface area contributed by atoms with Gasteiger partial charge < -0.3 is 10.4 Å². The van der Waals surface area contributed by atoms with Crippen LogP contribution in [0, 0.1) is 23.2 Å². The summed E-state index contributed by atoms with van der Waals surface area (Å²) in [5.41, 5.74) is -0.336. The highest BCUT2D eigenvalue weighted by Crippen LogP contribution is 2.77. The van der Waals surface area contributed by atoms with Crippen LogP contribution in [0.1, 0.15) is 12.8 Å². The Balaban J connectivity index is 1.76. The molecule has 4 aliphatic rings. The quantitative estimate of drug-likeness (QED) is 0.627. The van der Waals surface area contributed by atoms with Gasteiger partial charge >= 0.3 is 0 Å². The average molecular weight is 195 g/mol. The third kappa shape index (κ3) is 0.704. The van der Waals surface area contributed by atoms with Crippen molar-refractivity contribution in [2.45, 2.75) is 12.8 Å². The van der Waals surface area contributed by atoms with Gasteiger partial charge in [-0.2, -0.15) is 0 Å². The smallest absolute Gasteiger partial charge is 0.227 e. The van der Waals surface area contributed by atoms with Crippen molar-refractivity contribution >= 4 is 11.7 Å². The molecule has 76 valence electrons. The van der Waals surface area contributed by atoms with Crippen LogP contribution >= 0.6 is 0 Å². The van der Waals surface area contributed by atoms with Crippen LogP contribution in [0.2, 0.25) is 0 Å². The molecule has 0 aliphatic heterocycles. The van der Waals surface area contributed by atoms with Gasteiger partial charge in [-0.3, -0.25) is 9.59 Å². The van der Waals surface area contributed by atoms with E-state index in [4.69, 9.17) is 5.11 Å². The van der Waals surface area contributed by atoms with Crippen LogP contribution in [0.5, 0.6) is 0 Å². The second-order valence-electron chi connectivity index (χ2n) is 4.64. The van der Waals surface area contributed by atoms with Crippen molar-refractivity contribution < 1.29 is 14.7 Å². The molecule has 4 saturated carbocycles. The number of Topliss-reactive ketones (excluding diaryl/α,β-unsaturated/α-hetero) is 1. The molecule has 0 aromatic heterocycles. The van der Waals surface area contributed by atoms with Crippen molar-refractivity contribution in [3.05, 3.63) is 0 Å². The zero-order valence-electron chi connectivity index (χ0n) is 7.82. The molecule has 4 nitrogen and oxygen atoms in total. The molecule has 0 saturated heterocycles. The van der Waals surface area contributed by atoms with Gasteiger partial charge in [0.1, 0.15) is 5.78 Å². The van der Waals surface area contributed by atoms with Crippen molar-refractivity contribution in [1.82, 2.24) is 5.32 Å². The lowest BCUT2D eigenvalue weighted by molar-refractivity contribution is -0.128. The minimum atomic E-state index is -0.336. The van der Waals surface area contributed by atoms with Gasteiger partial charge in [-0.25, -0.2) is 0 Å². The molecule has 0 aromatic carbocycles. The molecular formula is C10H13NO3. The summed E-state index contributed by atoms with van der Waals surface area (Å²) in [6.45, 7) is 0.271. The largest absolute Gasteiger partial charge is 0.395 e. The normalized spacial score (nSPS) is 46.9. The zero-order valence-corrected chi connectivity index (χ0v) is 7.82. The van der Waals surface area contributed by atoms with Crippen LogP contribution in [-0.2, 0) is 9.59 Å². The van der Waals surface area contributed by atoms with Gasteiger partial charge in [0.2, 0.25) is 5.91 Å². The van der Waals surface area contributed by atoms with Crippen molar-refractivity contribution in [3.63, 3.8) is 0 Å². The molecule has 0 aromatic rings. The van der Waals surface area contributed by atoms with Gasteiger partial charge in [-0.1, -0.05) is 0 Å². The molecule has 14 heavy (non-hydrogen) atoms. The first-order chi connectivity index (χ1) is 6.71. The van der Waals surface area contributed by atoms with Gasteiger partial charge in [0, 0.05) is 18.4 Å². The predicted molar refractivity (Wildman–Crippen MR) is 47.2 cm³/mol. The molecule has 0 heterocycles. The van der Waals surface area contributed by atoms with E-state index in [1.807, 2.05) is 0 Å². The summed E-state index contributed by atoms with van der Waals surface area (Å²) in [6, 6.07) is 0. The number of rotatable bonds is 3. The number of carbonyl (C=O) groups is 2. The monoisotopic (exact) mass is 195 g/mol. The fraction of sp³-hybridized carbons (Fsp3) is 0.800. The fourth-order valence-corrected chi connectivity index (χ4v) is 3.60. The Morgan fingerprint density at radius 1 is 1.64 bits per heavy atom. The maximum atomic E-state index is 11.8. The number of ketones is 1. The van der Waals surface area contributed by atoms with Gasteiger partial charge in [0.05, 0.1) is 12.0 Å². The number of aliphatic hydroxyl groups is 1. The molecule has 4 rings (SSSR count). The van der Waals surface area contributed by atoms with Crippen molar-refractivity contribution in [3.8, 4) is 0 Å². The first-order valence-electron chi connectivity index (χ1n) is 5.14. The van der Waals surface area contributed by atoms with Gasteiger partial charge in [-0.05, 0) is 18.8 Å². The Labute approximate surface area is 81.7 Å². The standard InChI is InChI=1S/C10H13NO3/c12-2-1-11-9(14)10-4-5-3-6(10)7(10)8(5)13/h5-7,12H,1-4H2,(H,11,14)/t5-,6-,7-,10-/m0/s1. The summed E-state index contributed by atoms with van der Waals surface area (Å²) in [5.74, 6) is 0.846. The Kier molecular flexibility index (Phi) is 1.42. The Morgan fingerprint density at radius 2 is 2.43 bits per heavy atom. The molecule has 4 atom stereocenters. The van der Waals surface area contributed by atoms with E-state index in [1.165, 1.54) is 0 Å². The lowest BCUT2D eigenvalue weighted by atomic mass is 10.0. The van der Waals surface area contributed by atoms with Crippen LogP contribution in [0.4, 0.5) is 0 Å². The van der Waals surface area contributed by atoms with E-state index in [-0.39, 0.29) is 29.8 Å². The van der Waals surface area contributed by atoms with E-state index in [2.05, 4.69) is 5.32 Å². The fourth-order valence-electron chi connectivity index (χ4n) is 3.60. The van der Waals surface area contributed by atoms with Gasteiger partial charge in [0.15, 0.2) is 0 Å². The number of carbonyl (C=O) groups excluding carboxylic acids is 2. The number of hydrogen-bond acceptors (Lipinski definition) is 3. The Bertz CT molecular complexity index is 327. The molecule has 4 bridgehead atoms. The summed E-state index contributed by atoms with van der Waals surface area (Å²) < 4.78 is 0. The maximum Gasteiger partial charge on any atom is 0.227 e. The van der Waals surface area contributed by atoms with E-state index in [9.17, 15) is 9.59 Å². The molecular weight excluding hydrogens is 182 g/mol. The van der Waals surface area contributed by atoms with Crippen LogP contribution in [0.15, 0.2) is 0 Å². The second-order valence-corrected chi connectivity index (χ2v) is 4.64. The zero-order chi connectivity index (χ0) is 9.92. The third-order valence-electron chi connectivity index (χ3n) is 4.16. The molecule has 2 N–H and O–H groups in total. The average Bonchev–Trinajstić information content (AvgIpc) is 2.54. The summed E-state index contributed by atoms with van der Waals surface area (Å²) in [4.78, 5) is 23.3. The number of aliphatic hydroxyl groups excluding tert-OH is 1. The molecule has 0 radical (unpaired) electrons. The topological polar surface area (TPSA) is 66.4 Å². The van der Waals surface area contributed by atoms with Crippen LogP contribution in [0.25, 0.3) is 0 Å².